The van der Waals surface area contributed by atoms with E-state index in [1.165, 1.54) is 6.07 Å². The molecule has 4 rings (SSSR count). The fourth-order valence-electron chi connectivity index (χ4n) is 4.69. The number of benzene rings is 1. The third kappa shape index (κ3) is 4.21. The number of aryl methyl sites for hydroxylation is 1. The largest absolute Gasteiger partial charge is 0.481 e. The topological polar surface area (TPSA) is 75.4 Å². The SMILES string of the molecule is Cc1nn(Cc2ccc(Cl)cc2F)c2c1CCN(C(=O)CC1CCC(C(=O)O)C1)C2. The van der Waals surface area contributed by atoms with Gasteiger partial charge in [0.05, 0.1) is 30.4 Å². The Kier molecular flexibility index (Phi) is 5.82. The molecule has 1 aliphatic heterocycles. The summed E-state index contributed by atoms with van der Waals surface area (Å²) in [5.74, 6) is -1.27. The van der Waals surface area contributed by atoms with Gasteiger partial charge in [0, 0.05) is 23.6 Å². The molecule has 2 aliphatic rings. The second-order valence-electron chi connectivity index (χ2n) is 8.39. The summed E-state index contributed by atoms with van der Waals surface area (Å²) >= 11 is 5.85. The third-order valence-corrected chi connectivity index (χ3v) is 6.62. The Hall–Kier alpha value is -2.41. The predicted octanol–water partition coefficient (Wildman–Crippen LogP) is 3.81. The summed E-state index contributed by atoms with van der Waals surface area (Å²) in [7, 11) is 0. The van der Waals surface area contributed by atoms with E-state index in [0.29, 0.717) is 42.9 Å². The Labute approximate surface area is 179 Å². The van der Waals surface area contributed by atoms with Gasteiger partial charge in [-0.2, -0.15) is 5.10 Å². The minimum Gasteiger partial charge on any atom is -0.481 e. The van der Waals surface area contributed by atoms with Crippen molar-refractivity contribution in [3.63, 3.8) is 0 Å². The number of rotatable bonds is 5. The van der Waals surface area contributed by atoms with Crippen molar-refractivity contribution >= 4 is 23.5 Å². The average molecular weight is 434 g/mol. The summed E-state index contributed by atoms with van der Waals surface area (Å²) in [5.41, 5.74) is 3.47. The van der Waals surface area contributed by atoms with E-state index in [4.69, 9.17) is 11.6 Å². The molecular formula is C22H25ClFN3O3. The molecule has 1 aromatic heterocycles. The number of carboxylic acids is 1. The van der Waals surface area contributed by atoms with Crippen LogP contribution in [0.15, 0.2) is 18.2 Å². The summed E-state index contributed by atoms with van der Waals surface area (Å²) in [6, 6.07) is 4.61. The van der Waals surface area contributed by atoms with Crippen LogP contribution in [0.3, 0.4) is 0 Å². The van der Waals surface area contributed by atoms with Crippen LogP contribution in [0.2, 0.25) is 5.02 Å². The number of halogens is 2. The molecule has 2 atom stereocenters. The first kappa shape index (κ1) is 20.8. The molecule has 2 unspecified atom stereocenters. The second-order valence-corrected chi connectivity index (χ2v) is 8.82. The molecule has 0 saturated heterocycles. The van der Waals surface area contributed by atoms with Crippen molar-refractivity contribution in [1.82, 2.24) is 14.7 Å². The minimum absolute atomic E-state index is 0.0553. The lowest BCUT2D eigenvalue weighted by molar-refractivity contribution is -0.142. The summed E-state index contributed by atoms with van der Waals surface area (Å²) in [6.45, 7) is 3.29. The molecule has 1 aliphatic carbocycles. The van der Waals surface area contributed by atoms with Crippen LogP contribution < -0.4 is 0 Å². The number of carboxylic acid groups (broad SMARTS) is 1. The van der Waals surface area contributed by atoms with Crippen LogP contribution in [0, 0.1) is 24.6 Å². The Bertz CT molecular complexity index is 990. The molecule has 1 aromatic carbocycles. The molecule has 6 nitrogen and oxygen atoms in total. The molecule has 30 heavy (non-hydrogen) atoms. The second kappa shape index (κ2) is 8.38. The Morgan fingerprint density at radius 3 is 2.83 bits per heavy atom. The zero-order valence-electron chi connectivity index (χ0n) is 16.9. The van der Waals surface area contributed by atoms with Gasteiger partial charge in [-0.15, -0.1) is 0 Å². The number of carbonyl (C=O) groups excluding carboxylic acids is 1. The lowest BCUT2D eigenvalue weighted by atomic mass is 9.99. The molecule has 0 radical (unpaired) electrons. The van der Waals surface area contributed by atoms with Crippen molar-refractivity contribution in [3.8, 4) is 0 Å². The van der Waals surface area contributed by atoms with Crippen molar-refractivity contribution < 1.29 is 19.1 Å². The van der Waals surface area contributed by atoms with Gasteiger partial charge in [-0.3, -0.25) is 14.3 Å². The molecule has 0 spiro atoms. The van der Waals surface area contributed by atoms with E-state index in [-0.39, 0.29) is 30.1 Å². The highest BCUT2D eigenvalue weighted by atomic mass is 35.5. The highest BCUT2D eigenvalue weighted by Gasteiger charge is 2.33. The van der Waals surface area contributed by atoms with Gasteiger partial charge >= 0.3 is 5.97 Å². The molecule has 8 heteroatoms. The molecule has 1 amide bonds. The maximum Gasteiger partial charge on any atom is 0.306 e. The standard InChI is InChI=1S/C22H25ClFN3O3/c1-13-18-6-7-26(21(28)9-14-2-3-15(8-14)22(29)30)12-20(18)27(25-13)11-16-4-5-17(23)10-19(16)24/h4-5,10,14-15H,2-3,6-9,11-12H2,1H3,(H,29,30). The number of aromatic nitrogens is 2. The molecule has 1 N–H and O–H groups in total. The molecule has 1 fully saturated rings. The van der Waals surface area contributed by atoms with E-state index in [2.05, 4.69) is 5.10 Å². The van der Waals surface area contributed by atoms with Crippen molar-refractivity contribution in [3.05, 3.63) is 51.6 Å². The molecule has 160 valence electrons. The Morgan fingerprint density at radius 1 is 1.33 bits per heavy atom. The first-order chi connectivity index (χ1) is 14.3. The number of hydrogen-bond acceptors (Lipinski definition) is 3. The first-order valence-electron chi connectivity index (χ1n) is 10.3. The van der Waals surface area contributed by atoms with Gasteiger partial charge in [-0.05, 0) is 56.2 Å². The van der Waals surface area contributed by atoms with E-state index < -0.39 is 5.97 Å². The maximum absolute atomic E-state index is 14.3. The monoisotopic (exact) mass is 433 g/mol. The first-order valence-corrected chi connectivity index (χ1v) is 10.7. The number of aliphatic carboxylic acids is 1. The average Bonchev–Trinajstić information content (AvgIpc) is 3.29. The van der Waals surface area contributed by atoms with E-state index in [0.717, 1.165) is 29.8 Å². The van der Waals surface area contributed by atoms with Gasteiger partial charge < -0.3 is 10.0 Å². The van der Waals surface area contributed by atoms with Gasteiger partial charge in [0.25, 0.3) is 0 Å². The van der Waals surface area contributed by atoms with Gasteiger partial charge in [0.15, 0.2) is 0 Å². The van der Waals surface area contributed by atoms with Crippen LogP contribution in [0.5, 0.6) is 0 Å². The van der Waals surface area contributed by atoms with Crippen molar-refractivity contribution in [2.75, 3.05) is 6.54 Å². The van der Waals surface area contributed by atoms with Gasteiger partial charge in [0.2, 0.25) is 5.91 Å². The van der Waals surface area contributed by atoms with E-state index in [1.807, 2.05) is 11.8 Å². The zero-order valence-corrected chi connectivity index (χ0v) is 17.7. The van der Waals surface area contributed by atoms with Crippen LogP contribution in [0.25, 0.3) is 0 Å². The van der Waals surface area contributed by atoms with Crippen LogP contribution >= 0.6 is 11.6 Å². The fraction of sp³-hybridized carbons (Fsp3) is 0.500. The van der Waals surface area contributed by atoms with Crippen LogP contribution in [0.1, 0.15) is 48.2 Å². The smallest absolute Gasteiger partial charge is 0.306 e. The zero-order chi connectivity index (χ0) is 21.4. The number of carbonyl (C=O) groups is 2. The van der Waals surface area contributed by atoms with Crippen LogP contribution in [-0.4, -0.2) is 38.2 Å². The number of nitrogens with zero attached hydrogens (tertiary/aromatic N) is 3. The minimum atomic E-state index is -0.763. The summed E-state index contributed by atoms with van der Waals surface area (Å²) in [6.07, 6.45) is 3.12. The van der Waals surface area contributed by atoms with Gasteiger partial charge in [-0.25, -0.2) is 4.39 Å². The predicted molar refractivity (Wildman–Crippen MR) is 110 cm³/mol. The lowest BCUT2D eigenvalue weighted by Gasteiger charge is -2.29. The van der Waals surface area contributed by atoms with E-state index in [9.17, 15) is 19.1 Å². The lowest BCUT2D eigenvalue weighted by Crippen LogP contribution is -2.37. The highest BCUT2D eigenvalue weighted by Crippen LogP contribution is 2.34. The van der Waals surface area contributed by atoms with Gasteiger partial charge in [0.1, 0.15) is 5.82 Å². The van der Waals surface area contributed by atoms with Crippen molar-refractivity contribution in [2.24, 2.45) is 11.8 Å². The Morgan fingerprint density at radius 2 is 2.13 bits per heavy atom. The fourth-order valence-corrected chi connectivity index (χ4v) is 4.85. The highest BCUT2D eigenvalue weighted by molar-refractivity contribution is 6.30. The van der Waals surface area contributed by atoms with E-state index >= 15 is 0 Å². The quantitative estimate of drug-likeness (QED) is 0.778. The molecule has 1 saturated carbocycles. The summed E-state index contributed by atoms with van der Waals surface area (Å²) in [4.78, 5) is 25.9. The summed E-state index contributed by atoms with van der Waals surface area (Å²) in [5, 5.41) is 14.1. The van der Waals surface area contributed by atoms with E-state index in [1.54, 1.807) is 16.8 Å². The van der Waals surface area contributed by atoms with Gasteiger partial charge in [-0.1, -0.05) is 17.7 Å². The molecule has 2 heterocycles. The third-order valence-electron chi connectivity index (χ3n) is 6.38. The molecule has 2 aromatic rings. The molecular weight excluding hydrogens is 409 g/mol. The number of amides is 1. The number of hydrogen-bond donors (Lipinski definition) is 1. The molecule has 0 bridgehead atoms. The maximum atomic E-state index is 14.3. The van der Waals surface area contributed by atoms with Crippen molar-refractivity contribution in [1.29, 1.82) is 0 Å². The summed E-state index contributed by atoms with van der Waals surface area (Å²) < 4.78 is 16.0. The van der Waals surface area contributed by atoms with Crippen molar-refractivity contribution in [2.45, 2.75) is 52.1 Å². The number of fused-ring (bicyclic) bond motifs is 1. The van der Waals surface area contributed by atoms with Crippen LogP contribution in [-0.2, 0) is 29.1 Å². The van der Waals surface area contributed by atoms with Crippen LogP contribution in [0.4, 0.5) is 4.39 Å². The Balaban J connectivity index is 1.46. The normalized spacial score (nSPS) is 21.0.